The molecular formula is C32H33NO6. The average Bonchev–Trinajstić information content (AvgIpc) is 3.18. The fourth-order valence-electron chi connectivity index (χ4n) is 4.67. The zero-order valence-corrected chi connectivity index (χ0v) is 22.9. The van der Waals surface area contributed by atoms with Crippen molar-refractivity contribution in [3.63, 3.8) is 0 Å². The first-order valence-electron chi connectivity index (χ1n) is 12.9. The van der Waals surface area contributed by atoms with Gasteiger partial charge < -0.3 is 14.6 Å². The molecule has 1 saturated heterocycles. The van der Waals surface area contributed by atoms with Crippen molar-refractivity contribution in [3.8, 4) is 5.75 Å². The van der Waals surface area contributed by atoms with Crippen molar-refractivity contribution < 1.29 is 29.0 Å². The Bertz CT molecular complexity index is 1440. The summed E-state index contributed by atoms with van der Waals surface area (Å²) in [5, 5.41) is 11.5. The number of Topliss-reactive ketones (excluding diaryl/α,β-unsaturated/α-hetero) is 1. The number of amides is 1. The van der Waals surface area contributed by atoms with E-state index >= 15 is 0 Å². The van der Waals surface area contributed by atoms with Crippen molar-refractivity contribution in [2.24, 2.45) is 5.92 Å². The number of hydrogen-bond donors (Lipinski definition) is 1. The largest absolute Gasteiger partial charge is 0.507 e. The molecule has 1 unspecified atom stereocenters. The SMILES string of the molecule is COC(=O)Cc1ccc(N2C(=O)C(=O)/C(=C(/O)c3ccc(OCC(C)C)c(C)c3)C2c2ccccc2C)cc1. The minimum absolute atomic E-state index is 0.0168. The average molecular weight is 528 g/mol. The van der Waals surface area contributed by atoms with Gasteiger partial charge in [-0.15, -0.1) is 0 Å². The molecular weight excluding hydrogens is 494 g/mol. The predicted octanol–water partition coefficient (Wildman–Crippen LogP) is 5.68. The number of hydrogen-bond acceptors (Lipinski definition) is 6. The van der Waals surface area contributed by atoms with Gasteiger partial charge in [0.05, 0.1) is 31.8 Å². The number of nitrogens with zero attached hydrogens (tertiary/aromatic N) is 1. The third kappa shape index (κ3) is 5.72. The quantitative estimate of drug-likeness (QED) is 0.175. The van der Waals surface area contributed by atoms with Crippen LogP contribution in [0.5, 0.6) is 5.75 Å². The lowest BCUT2D eigenvalue weighted by atomic mass is 9.92. The molecule has 1 aliphatic rings. The lowest BCUT2D eigenvalue weighted by molar-refractivity contribution is -0.139. The first-order valence-corrected chi connectivity index (χ1v) is 12.9. The summed E-state index contributed by atoms with van der Waals surface area (Å²) in [5.74, 6) is -1.07. The molecule has 4 rings (SSSR count). The Morgan fingerprint density at radius 2 is 1.67 bits per heavy atom. The molecule has 39 heavy (non-hydrogen) atoms. The molecule has 1 aliphatic heterocycles. The van der Waals surface area contributed by atoms with Crippen molar-refractivity contribution in [2.45, 2.75) is 40.2 Å². The molecule has 0 aromatic heterocycles. The summed E-state index contributed by atoms with van der Waals surface area (Å²) in [7, 11) is 1.33. The highest BCUT2D eigenvalue weighted by Crippen LogP contribution is 2.43. The zero-order chi connectivity index (χ0) is 28.3. The Kier molecular flexibility index (Phi) is 8.19. The molecule has 1 fully saturated rings. The van der Waals surface area contributed by atoms with Gasteiger partial charge in [-0.1, -0.05) is 50.2 Å². The summed E-state index contributed by atoms with van der Waals surface area (Å²) < 4.78 is 10.6. The Morgan fingerprint density at radius 1 is 0.974 bits per heavy atom. The molecule has 7 heteroatoms. The highest BCUT2D eigenvalue weighted by atomic mass is 16.5. The molecule has 3 aromatic rings. The number of benzene rings is 3. The van der Waals surface area contributed by atoms with Gasteiger partial charge >= 0.3 is 5.97 Å². The van der Waals surface area contributed by atoms with Crippen LogP contribution in [0.4, 0.5) is 5.69 Å². The van der Waals surface area contributed by atoms with E-state index in [1.54, 1.807) is 42.5 Å². The maximum absolute atomic E-state index is 13.5. The lowest BCUT2D eigenvalue weighted by Gasteiger charge is -2.27. The van der Waals surface area contributed by atoms with Crippen molar-refractivity contribution in [3.05, 3.63) is 100 Å². The smallest absolute Gasteiger partial charge is 0.309 e. The maximum atomic E-state index is 13.5. The van der Waals surface area contributed by atoms with Crippen LogP contribution in [0.25, 0.3) is 5.76 Å². The van der Waals surface area contributed by atoms with Crippen LogP contribution in [-0.4, -0.2) is 36.5 Å². The Labute approximate surface area is 228 Å². The number of ether oxygens (including phenoxy) is 2. The molecule has 1 heterocycles. The molecule has 1 amide bonds. The van der Waals surface area contributed by atoms with Crippen LogP contribution < -0.4 is 9.64 Å². The number of ketones is 1. The molecule has 0 spiro atoms. The molecule has 0 radical (unpaired) electrons. The summed E-state index contributed by atoms with van der Waals surface area (Å²) in [6, 6.07) is 18.7. The number of esters is 1. The Hall–Kier alpha value is -4.39. The van der Waals surface area contributed by atoms with E-state index in [2.05, 4.69) is 13.8 Å². The van der Waals surface area contributed by atoms with Crippen molar-refractivity contribution in [1.29, 1.82) is 0 Å². The number of aryl methyl sites for hydroxylation is 2. The Balaban J connectivity index is 1.81. The van der Waals surface area contributed by atoms with Gasteiger partial charge in [-0.25, -0.2) is 0 Å². The summed E-state index contributed by atoms with van der Waals surface area (Å²) in [5.41, 5.74) is 4.04. The van der Waals surface area contributed by atoms with Gasteiger partial charge in [-0.3, -0.25) is 19.3 Å². The van der Waals surface area contributed by atoms with E-state index in [1.165, 1.54) is 12.0 Å². The number of carbonyl (C=O) groups is 3. The molecule has 1 N–H and O–H groups in total. The number of rotatable bonds is 8. The van der Waals surface area contributed by atoms with E-state index in [0.717, 1.165) is 16.7 Å². The molecule has 7 nitrogen and oxygen atoms in total. The Morgan fingerprint density at radius 3 is 2.28 bits per heavy atom. The van der Waals surface area contributed by atoms with Crippen molar-refractivity contribution in [1.82, 2.24) is 0 Å². The van der Waals surface area contributed by atoms with Crippen LogP contribution in [0.2, 0.25) is 0 Å². The van der Waals surface area contributed by atoms with Crippen LogP contribution in [-0.2, 0) is 25.5 Å². The fourth-order valence-corrected chi connectivity index (χ4v) is 4.67. The number of methoxy groups -OCH3 is 1. The topological polar surface area (TPSA) is 93.1 Å². The van der Waals surface area contributed by atoms with E-state index < -0.39 is 17.7 Å². The normalized spacial score (nSPS) is 16.6. The molecule has 1 atom stereocenters. The van der Waals surface area contributed by atoms with Gasteiger partial charge in [-0.05, 0) is 72.4 Å². The number of anilines is 1. The molecule has 3 aromatic carbocycles. The standard InChI is InChI=1S/C32H33NO6/c1-19(2)18-39-26-15-12-23(16-21(26)4)30(35)28-29(25-9-7-6-8-20(25)3)33(32(37)31(28)36)24-13-10-22(11-14-24)17-27(34)38-5/h6-16,19,29,35H,17-18H2,1-5H3/b30-28+. The summed E-state index contributed by atoms with van der Waals surface area (Å²) >= 11 is 0. The first-order chi connectivity index (χ1) is 18.6. The van der Waals surface area contributed by atoms with Gasteiger partial charge in [0.15, 0.2) is 0 Å². The molecule has 202 valence electrons. The van der Waals surface area contributed by atoms with E-state index in [9.17, 15) is 19.5 Å². The third-order valence-electron chi connectivity index (χ3n) is 6.74. The van der Waals surface area contributed by atoms with Crippen LogP contribution in [0, 0.1) is 19.8 Å². The van der Waals surface area contributed by atoms with Gasteiger partial charge in [0, 0.05) is 11.3 Å². The van der Waals surface area contributed by atoms with E-state index in [1.807, 2.05) is 38.1 Å². The number of aliphatic hydroxyl groups is 1. The third-order valence-corrected chi connectivity index (χ3v) is 6.74. The lowest BCUT2D eigenvalue weighted by Crippen LogP contribution is -2.29. The number of carbonyl (C=O) groups excluding carboxylic acids is 3. The maximum Gasteiger partial charge on any atom is 0.309 e. The summed E-state index contributed by atoms with van der Waals surface area (Å²) in [6.07, 6.45) is 0.0903. The van der Waals surface area contributed by atoms with Crippen molar-refractivity contribution >= 4 is 29.1 Å². The second-order valence-electron chi connectivity index (χ2n) is 10.1. The van der Waals surface area contributed by atoms with Crippen LogP contribution in [0.1, 0.15) is 47.7 Å². The molecule has 0 saturated carbocycles. The summed E-state index contributed by atoms with van der Waals surface area (Å²) in [4.78, 5) is 40.0. The van der Waals surface area contributed by atoms with Crippen LogP contribution >= 0.6 is 0 Å². The first kappa shape index (κ1) is 27.6. The van der Waals surface area contributed by atoms with E-state index in [-0.39, 0.29) is 23.7 Å². The minimum Gasteiger partial charge on any atom is -0.507 e. The number of aliphatic hydroxyl groups excluding tert-OH is 1. The second-order valence-corrected chi connectivity index (χ2v) is 10.1. The van der Waals surface area contributed by atoms with Crippen LogP contribution in [0.15, 0.2) is 72.3 Å². The molecule has 0 bridgehead atoms. The molecule has 0 aliphatic carbocycles. The highest BCUT2D eigenvalue weighted by molar-refractivity contribution is 6.51. The predicted molar refractivity (Wildman–Crippen MR) is 150 cm³/mol. The van der Waals surface area contributed by atoms with Gasteiger partial charge in [-0.2, -0.15) is 0 Å². The van der Waals surface area contributed by atoms with E-state index in [0.29, 0.717) is 35.1 Å². The second kappa shape index (κ2) is 11.6. The van der Waals surface area contributed by atoms with Gasteiger partial charge in [0.2, 0.25) is 0 Å². The van der Waals surface area contributed by atoms with Crippen LogP contribution in [0.3, 0.4) is 0 Å². The monoisotopic (exact) mass is 527 g/mol. The van der Waals surface area contributed by atoms with Gasteiger partial charge in [0.1, 0.15) is 11.5 Å². The van der Waals surface area contributed by atoms with Gasteiger partial charge in [0.25, 0.3) is 11.7 Å². The minimum atomic E-state index is -0.838. The van der Waals surface area contributed by atoms with E-state index in [4.69, 9.17) is 9.47 Å². The zero-order valence-electron chi connectivity index (χ0n) is 22.9. The summed E-state index contributed by atoms with van der Waals surface area (Å²) in [6.45, 7) is 8.46. The highest BCUT2D eigenvalue weighted by Gasteiger charge is 2.47. The fraction of sp³-hybridized carbons (Fsp3) is 0.281. The van der Waals surface area contributed by atoms with Crippen molar-refractivity contribution in [2.75, 3.05) is 18.6 Å².